The Morgan fingerprint density at radius 3 is 2.54 bits per heavy atom. The maximum absolute atomic E-state index is 4.65. The number of imidazole rings is 2. The van der Waals surface area contributed by atoms with Crippen LogP contribution in [0.2, 0.25) is 0 Å². The zero-order chi connectivity index (χ0) is 17.6. The molecule has 2 aromatic heterocycles. The number of aryl methyl sites for hydroxylation is 1. The maximum Gasteiger partial charge on any atom is 0.107 e. The van der Waals surface area contributed by atoms with Crippen molar-refractivity contribution in [3.63, 3.8) is 0 Å². The maximum atomic E-state index is 4.65. The van der Waals surface area contributed by atoms with E-state index in [2.05, 4.69) is 55.3 Å². The highest BCUT2D eigenvalue weighted by atomic mass is 32.2. The molecule has 0 amide bonds. The standard InChI is InChI=1S/C21H24N4S/c1(2-4-14-21-23-17-10-5-6-11-18(17)24-21)3-9-15-26-25-16-22-19-12-7-8-13-20(19)25/h5-8,10-13,16H,1-4,9,14-15H2,(H,23,24). The normalized spacial score (nSPS) is 11.5. The molecule has 0 saturated carbocycles. The molecular formula is C21H24N4S. The first-order valence-electron chi connectivity index (χ1n) is 9.39. The molecule has 2 aromatic carbocycles. The molecule has 2 heterocycles. The topological polar surface area (TPSA) is 46.5 Å². The average Bonchev–Trinajstić information content (AvgIpc) is 3.27. The van der Waals surface area contributed by atoms with E-state index in [0.29, 0.717) is 0 Å². The second-order valence-corrected chi connectivity index (χ2v) is 7.67. The van der Waals surface area contributed by atoms with Crippen molar-refractivity contribution < 1.29 is 0 Å². The quantitative estimate of drug-likeness (QED) is 0.393. The summed E-state index contributed by atoms with van der Waals surface area (Å²) in [7, 11) is 0. The summed E-state index contributed by atoms with van der Waals surface area (Å²) in [4.78, 5) is 12.5. The van der Waals surface area contributed by atoms with Gasteiger partial charge in [0.05, 0.1) is 22.1 Å². The predicted octanol–water partition coefficient (Wildman–Crippen LogP) is 5.60. The fourth-order valence-corrected chi connectivity index (χ4v) is 4.19. The van der Waals surface area contributed by atoms with Crippen LogP contribution in [-0.4, -0.2) is 24.7 Å². The summed E-state index contributed by atoms with van der Waals surface area (Å²) in [6, 6.07) is 16.6. The molecule has 26 heavy (non-hydrogen) atoms. The van der Waals surface area contributed by atoms with Gasteiger partial charge in [-0.1, -0.05) is 43.5 Å². The fraction of sp³-hybridized carbons (Fsp3) is 0.333. The molecule has 0 aliphatic carbocycles. The Kier molecular flexibility index (Phi) is 5.55. The number of H-pyrrole nitrogens is 1. The van der Waals surface area contributed by atoms with Crippen LogP contribution in [0.15, 0.2) is 54.9 Å². The Balaban J connectivity index is 1.11. The third-order valence-electron chi connectivity index (χ3n) is 4.65. The van der Waals surface area contributed by atoms with E-state index in [1.165, 1.54) is 37.6 Å². The summed E-state index contributed by atoms with van der Waals surface area (Å²) in [6.07, 6.45) is 9.30. The number of rotatable bonds is 9. The van der Waals surface area contributed by atoms with Crippen molar-refractivity contribution in [3.05, 3.63) is 60.7 Å². The van der Waals surface area contributed by atoms with Gasteiger partial charge in [-0.3, -0.25) is 3.97 Å². The molecule has 5 heteroatoms. The minimum Gasteiger partial charge on any atom is -0.342 e. The first-order chi connectivity index (χ1) is 12.9. The number of para-hydroxylation sites is 4. The highest BCUT2D eigenvalue weighted by Crippen LogP contribution is 2.19. The van der Waals surface area contributed by atoms with Gasteiger partial charge in [-0.15, -0.1) is 0 Å². The van der Waals surface area contributed by atoms with Crippen molar-refractivity contribution in [2.24, 2.45) is 0 Å². The Labute approximate surface area is 158 Å². The summed E-state index contributed by atoms with van der Waals surface area (Å²) in [5.41, 5.74) is 4.51. The molecule has 1 N–H and O–H groups in total. The van der Waals surface area contributed by atoms with E-state index in [4.69, 9.17) is 0 Å². The summed E-state index contributed by atoms with van der Waals surface area (Å²) < 4.78 is 2.19. The van der Waals surface area contributed by atoms with E-state index in [9.17, 15) is 0 Å². The molecule has 0 bridgehead atoms. The van der Waals surface area contributed by atoms with Crippen molar-refractivity contribution >= 4 is 34.0 Å². The minimum atomic E-state index is 1.05. The van der Waals surface area contributed by atoms with Gasteiger partial charge in [0.25, 0.3) is 0 Å². The summed E-state index contributed by atoms with van der Waals surface area (Å²) >= 11 is 1.86. The molecule has 4 aromatic rings. The van der Waals surface area contributed by atoms with Gasteiger partial charge in [0.1, 0.15) is 12.2 Å². The monoisotopic (exact) mass is 364 g/mol. The Bertz CT molecular complexity index is 939. The average molecular weight is 365 g/mol. The van der Waals surface area contributed by atoms with Gasteiger partial charge < -0.3 is 4.98 Å². The van der Waals surface area contributed by atoms with Crippen molar-refractivity contribution in [1.82, 2.24) is 18.9 Å². The number of aromatic amines is 1. The third kappa shape index (κ3) is 4.10. The lowest BCUT2D eigenvalue weighted by atomic mass is 10.1. The van der Waals surface area contributed by atoms with Crippen molar-refractivity contribution in [1.29, 1.82) is 0 Å². The lowest BCUT2D eigenvalue weighted by Gasteiger charge is -2.03. The highest BCUT2D eigenvalue weighted by Gasteiger charge is 2.03. The van der Waals surface area contributed by atoms with Crippen LogP contribution >= 0.6 is 11.9 Å². The number of aromatic nitrogens is 4. The van der Waals surface area contributed by atoms with Crippen LogP contribution in [0.3, 0.4) is 0 Å². The number of unbranched alkanes of at least 4 members (excludes halogenated alkanes) is 4. The van der Waals surface area contributed by atoms with Crippen LogP contribution in [-0.2, 0) is 6.42 Å². The highest BCUT2D eigenvalue weighted by molar-refractivity contribution is 7.97. The smallest absolute Gasteiger partial charge is 0.107 e. The first kappa shape index (κ1) is 17.2. The van der Waals surface area contributed by atoms with Gasteiger partial charge in [0.15, 0.2) is 0 Å². The molecule has 4 rings (SSSR count). The van der Waals surface area contributed by atoms with E-state index < -0.39 is 0 Å². The number of benzene rings is 2. The van der Waals surface area contributed by atoms with Crippen LogP contribution < -0.4 is 0 Å². The molecule has 0 unspecified atom stereocenters. The number of hydrogen-bond donors (Lipinski definition) is 1. The molecule has 0 radical (unpaired) electrons. The molecular weight excluding hydrogens is 340 g/mol. The van der Waals surface area contributed by atoms with Crippen LogP contribution in [0.25, 0.3) is 22.1 Å². The largest absolute Gasteiger partial charge is 0.342 e. The zero-order valence-electron chi connectivity index (χ0n) is 14.9. The second kappa shape index (κ2) is 8.41. The van der Waals surface area contributed by atoms with Gasteiger partial charge in [-0.2, -0.15) is 0 Å². The van der Waals surface area contributed by atoms with Gasteiger partial charge in [-0.05, 0) is 49.1 Å². The number of hydrogen-bond acceptors (Lipinski definition) is 3. The van der Waals surface area contributed by atoms with Gasteiger partial charge in [0.2, 0.25) is 0 Å². The van der Waals surface area contributed by atoms with Crippen molar-refractivity contribution in [2.75, 3.05) is 5.75 Å². The molecule has 0 saturated heterocycles. The number of fused-ring (bicyclic) bond motifs is 2. The van der Waals surface area contributed by atoms with Crippen LogP contribution in [0, 0.1) is 0 Å². The fourth-order valence-electron chi connectivity index (χ4n) is 3.25. The van der Waals surface area contributed by atoms with Crippen molar-refractivity contribution in [2.45, 2.75) is 38.5 Å². The van der Waals surface area contributed by atoms with Crippen molar-refractivity contribution in [3.8, 4) is 0 Å². The van der Waals surface area contributed by atoms with Crippen LogP contribution in [0.4, 0.5) is 0 Å². The Morgan fingerprint density at radius 1 is 0.846 bits per heavy atom. The van der Waals surface area contributed by atoms with Gasteiger partial charge >= 0.3 is 0 Å². The molecule has 0 atom stereocenters. The summed E-state index contributed by atoms with van der Waals surface area (Å²) in [5, 5.41) is 0. The van der Waals surface area contributed by atoms with Gasteiger partial charge in [-0.25, -0.2) is 9.97 Å². The molecule has 0 aliphatic heterocycles. The zero-order valence-corrected chi connectivity index (χ0v) is 15.7. The van der Waals surface area contributed by atoms with Crippen LogP contribution in [0.1, 0.15) is 37.9 Å². The number of nitrogens with zero attached hydrogens (tertiary/aromatic N) is 3. The predicted molar refractivity (Wildman–Crippen MR) is 110 cm³/mol. The second-order valence-electron chi connectivity index (χ2n) is 6.61. The molecule has 4 nitrogen and oxygen atoms in total. The van der Waals surface area contributed by atoms with E-state index in [0.717, 1.165) is 34.5 Å². The van der Waals surface area contributed by atoms with E-state index in [1.807, 2.05) is 30.4 Å². The lowest BCUT2D eigenvalue weighted by Crippen LogP contribution is -1.90. The lowest BCUT2D eigenvalue weighted by molar-refractivity contribution is 0.627. The minimum absolute atomic E-state index is 1.05. The van der Waals surface area contributed by atoms with Crippen LogP contribution in [0.5, 0.6) is 0 Å². The number of nitrogens with one attached hydrogen (secondary N) is 1. The summed E-state index contributed by atoms with van der Waals surface area (Å²) in [6.45, 7) is 0. The summed E-state index contributed by atoms with van der Waals surface area (Å²) in [5.74, 6) is 2.26. The first-order valence-corrected chi connectivity index (χ1v) is 10.3. The van der Waals surface area contributed by atoms with Gasteiger partial charge in [0, 0.05) is 12.2 Å². The van der Waals surface area contributed by atoms with E-state index in [-0.39, 0.29) is 0 Å². The Hall–Kier alpha value is -2.27. The molecule has 0 spiro atoms. The SMILES string of the molecule is c1ccc2[nH]c(CCCCCCCSn3cnc4ccccc43)nc2c1. The Morgan fingerprint density at radius 2 is 1.62 bits per heavy atom. The van der Waals surface area contributed by atoms with E-state index >= 15 is 0 Å². The third-order valence-corrected chi connectivity index (χ3v) is 5.69. The molecule has 0 aliphatic rings. The molecule has 134 valence electrons. The van der Waals surface area contributed by atoms with E-state index in [1.54, 1.807) is 0 Å². The molecule has 0 fully saturated rings.